The van der Waals surface area contributed by atoms with E-state index in [4.69, 9.17) is 14.2 Å². The third kappa shape index (κ3) is 5.77. The second kappa shape index (κ2) is 8.50. The Morgan fingerprint density at radius 3 is 2.56 bits per heavy atom. The predicted octanol–water partition coefficient (Wildman–Crippen LogP) is 2.97. The second-order valence-corrected chi connectivity index (χ2v) is 7.93. The molecular formula is C20H30N2O5. The van der Waals surface area contributed by atoms with Crippen molar-refractivity contribution >= 4 is 12.0 Å². The average Bonchev–Trinajstić information content (AvgIpc) is 3.06. The fourth-order valence-electron chi connectivity index (χ4n) is 2.58. The van der Waals surface area contributed by atoms with Gasteiger partial charge in [-0.3, -0.25) is 4.79 Å². The van der Waals surface area contributed by atoms with Gasteiger partial charge >= 0.3 is 6.09 Å². The Bertz CT molecular complexity index is 687. The van der Waals surface area contributed by atoms with E-state index in [2.05, 4.69) is 5.32 Å². The molecular weight excluding hydrogens is 348 g/mol. The monoisotopic (exact) mass is 378 g/mol. The summed E-state index contributed by atoms with van der Waals surface area (Å²) in [5, 5.41) is 2.88. The van der Waals surface area contributed by atoms with Gasteiger partial charge in [-0.2, -0.15) is 0 Å². The Morgan fingerprint density at radius 2 is 1.89 bits per heavy atom. The van der Waals surface area contributed by atoms with Crippen LogP contribution in [0.3, 0.4) is 0 Å². The van der Waals surface area contributed by atoms with Crippen LogP contribution >= 0.6 is 0 Å². The lowest BCUT2D eigenvalue weighted by Gasteiger charge is -2.29. The Labute approximate surface area is 161 Å². The summed E-state index contributed by atoms with van der Waals surface area (Å²) >= 11 is 0. The van der Waals surface area contributed by atoms with E-state index in [0.29, 0.717) is 6.42 Å². The number of likely N-dealkylation sites (N-methyl/N-ethyl adjacent to an activating group) is 1. The number of ether oxygens (including phenoxy) is 3. The van der Waals surface area contributed by atoms with E-state index in [1.165, 1.54) is 0 Å². The molecule has 27 heavy (non-hydrogen) atoms. The van der Waals surface area contributed by atoms with Gasteiger partial charge in [0.15, 0.2) is 11.5 Å². The minimum absolute atomic E-state index is 0.0637. The molecule has 1 aliphatic rings. The highest BCUT2D eigenvalue weighted by molar-refractivity contribution is 5.78. The molecule has 0 aliphatic carbocycles. The first-order chi connectivity index (χ1) is 12.6. The first-order valence-electron chi connectivity index (χ1n) is 9.19. The first kappa shape index (κ1) is 20.9. The molecule has 1 aromatic carbocycles. The zero-order chi connectivity index (χ0) is 20.2. The van der Waals surface area contributed by atoms with Gasteiger partial charge in [0.2, 0.25) is 12.7 Å². The second-order valence-electron chi connectivity index (χ2n) is 7.93. The van der Waals surface area contributed by atoms with Crippen molar-refractivity contribution in [2.45, 2.75) is 52.6 Å². The molecule has 1 unspecified atom stereocenters. The Balaban J connectivity index is 1.85. The Kier molecular flexibility index (Phi) is 6.57. The minimum Gasteiger partial charge on any atom is -0.454 e. The molecule has 2 amide bonds. The lowest BCUT2D eigenvalue weighted by molar-refractivity contribution is -0.126. The van der Waals surface area contributed by atoms with Crippen molar-refractivity contribution in [2.24, 2.45) is 5.92 Å². The first-order valence-corrected chi connectivity index (χ1v) is 9.19. The van der Waals surface area contributed by atoms with Crippen LogP contribution in [0.2, 0.25) is 0 Å². The molecule has 150 valence electrons. The van der Waals surface area contributed by atoms with Gasteiger partial charge in [-0.05, 0) is 44.9 Å². The zero-order valence-corrected chi connectivity index (χ0v) is 17.0. The van der Waals surface area contributed by atoms with Gasteiger partial charge in [0.25, 0.3) is 0 Å². The van der Waals surface area contributed by atoms with Gasteiger partial charge in [0.1, 0.15) is 6.61 Å². The number of nitrogens with one attached hydrogen (secondary N) is 1. The fraction of sp³-hybridized carbons (Fsp3) is 0.600. The van der Waals surface area contributed by atoms with Crippen molar-refractivity contribution < 1.29 is 23.8 Å². The van der Waals surface area contributed by atoms with Gasteiger partial charge in [-0.15, -0.1) is 0 Å². The third-order valence-corrected chi connectivity index (χ3v) is 4.46. The number of fused-ring (bicyclic) bond motifs is 1. The molecule has 2 rings (SSSR count). The molecule has 0 fully saturated rings. The number of nitrogens with zero attached hydrogens (tertiary/aromatic N) is 1. The van der Waals surface area contributed by atoms with Gasteiger partial charge in [-0.25, -0.2) is 4.79 Å². The van der Waals surface area contributed by atoms with Crippen molar-refractivity contribution in [3.05, 3.63) is 23.8 Å². The Morgan fingerprint density at radius 1 is 1.22 bits per heavy atom. The quantitative estimate of drug-likeness (QED) is 0.789. The summed E-state index contributed by atoms with van der Waals surface area (Å²) in [5.74, 6) is 1.28. The fourth-order valence-corrected chi connectivity index (χ4v) is 2.58. The van der Waals surface area contributed by atoms with E-state index < -0.39 is 11.6 Å². The molecule has 0 saturated heterocycles. The van der Waals surface area contributed by atoms with Crippen molar-refractivity contribution in [3.8, 4) is 11.5 Å². The van der Waals surface area contributed by atoms with Gasteiger partial charge in [0, 0.05) is 19.0 Å². The highest BCUT2D eigenvalue weighted by Gasteiger charge is 2.26. The van der Waals surface area contributed by atoms with Crippen molar-refractivity contribution in [1.82, 2.24) is 10.2 Å². The molecule has 0 radical (unpaired) electrons. The lowest BCUT2D eigenvalue weighted by Crippen LogP contribution is -2.50. The number of hydrogen-bond donors (Lipinski definition) is 1. The summed E-state index contributed by atoms with van der Waals surface area (Å²) in [4.78, 5) is 25.8. The van der Waals surface area contributed by atoms with E-state index >= 15 is 0 Å². The molecule has 0 saturated carbocycles. The van der Waals surface area contributed by atoms with Gasteiger partial charge in [-0.1, -0.05) is 19.9 Å². The summed E-state index contributed by atoms with van der Waals surface area (Å²) in [5.41, 5.74) is 0.425. The van der Waals surface area contributed by atoms with Gasteiger partial charge < -0.3 is 24.4 Å². The highest BCUT2D eigenvalue weighted by Crippen LogP contribution is 2.32. The van der Waals surface area contributed by atoms with Crippen molar-refractivity contribution in [2.75, 3.05) is 20.4 Å². The van der Waals surface area contributed by atoms with E-state index in [0.717, 1.165) is 17.1 Å². The largest absolute Gasteiger partial charge is 0.454 e. The molecule has 0 bridgehead atoms. The van der Waals surface area contributed by atoms with Crippen LogP contribution in [0.4, 0.5) is 4.79 Å². The highest BCUT2D eigenvalue weighted by atomic mass is 16.7. The number of hydrogen-bond acceptors (Lipinski definition) is 5. The maximum Gasteiger partial charge on any atom is 0.409 e. The minimum atomic E-state index is -0.627. The molecule has 1 N–H and O–H groups in total. The lowest BCUT2D eigenvalue weighted by atomic mass is 10.1. The molecule has 0 spiro atoms. The number of rotatable bonds is 7. The van der Waals surface area contributed by atoms with Crippen LogP contribution in [0.15, 0.2) is 18.2 Å². The van der Waals surface area contributed by atoms with E-state index in [1.54, 1.807) is 11.9 Å². The summed E-state index contributed by atoms with van der Waals surface area (Å²) in [6, 6.07) is 5.71. The number of amides is 2. The molecule has 1 atom stereocenters. The maximum absolute atomic E-state index is 12.4. The predicted molar refractivity (Wildman–Crippen MR) is 102 cm³/mol. The average molecular weight is 378 g/mol. The number of carbonyl (C=O) groups is 2. The van der Waals surface area contributed by atoms with Crippen LogP contribution in [0, 0.1) is 5.92 Å². The zero-order valence-electron chi connectivity index (χ0n) is 17.0. The van der Waals surface area contributed by atoms with Crippen LogP contribution < -0.4 is 14.8 Å². The van der Waals surface area contributed by atoms with E-state index in [9.17, 15) is 9.59 Å². The summed E-state index contributed by atoms with van der Waals surface area (Å²) in [6.45, 7) is 9.60. The maximum atomic E-state index is 12.4. The molecule has 1 heterocycles. The number of benzene rings is 1. The molecule has 1 aromatic rings. The SMILES string of the molecule is CC(C)C(=O)NC(C)(C)COC(=O)N(C)C(C)Cc1ccc2c(c1)OCO2. The van der Waals surface area contributed by atoms with E-state index in [-0.39, 0.29) is 31.3 Å². The molecule has 0 aromatic heterocycles. The van der Waals surface area contributed by atoms with Crippen LogP contribution in [0.5, 0.6) is 11.5 Å². The van der Waals surface area contributed by atoms with Gasteiger partial charge in [0.05, 0.1) is 5.54 Å². The van der Waals surface area contributed by atoms with Crippen LogP contribution in [-0.2, 0) is 16.0 Å². The summed E-state index contributed by atoms with van der Waals surface area (Å²) in [6.07, 6.45) is 0.241. The molecule has 7 nitrogen and oxygen atoms in total. The van der Waals surface area contributed by atoms with Crippen LogP contribution in [-0.4, -0.2) is 48.9 Å². The van der Waals surface area contributed by atoms with Crippen molar-refractivity contribution in [3.63, 3.8) is 0 Å². The smallest absolute Gasteiger partial charge is 0.409 e. The topological polar surface area (TPSA) is 77.1 Å². The molecule has 1 aliphatic heterocycles. The number of carbonyl (C=O) groups excluding carboxylic acids is 2. The van der Waals surface area contributed by atoms with E-state index in [1.807, 2.05) is 52.8 Å². The summed E-state index contributed by atoms with van der Waals surface area (Å²) in [7, 11) is 1.71. The normalized spacial score (nSPS) is 14.0. The van der Waals surface area contributed by atoms with Crippen LogP contribution in [0.1, 0.15) is 40.2 Å². The van der Waals surface area contributed by atoms with Crippen molar-refractivity contribution in [1.29, 1.82) is 0 Å². The Hall–Kier alpha value is -2.44. The third-order valence-electron chi connectivity index (χ3n) is 4.46. The standard InChI is InChI=1S/C20H30N2O5/c1-13(2)18(23)21-20(4,5)11-25-19(24)22(6)14(3)9-15-7-8-16-17(10-15)27-12-26-16/h7-8,10,13-14H,9,11-12H2,1-6H3,(H,21,23). The molecule has 7 heteroatoms. The van der Waals surface area contributed by atoms with Crippen LogP contribution in [0.25, 0.3) is 0 Å². The summed E-state index contributed by atoms with van der Waals surface area (Å²) < 4.78 is 16.1.